The molecule has 0 radical (unpaired) electrons. The molecule has 0 aliphatic heterocycles. The Bertz CT molecular complexity index is 892. The van der Waals surface area contributed by atoms with Crippen LogP contribution in [0.1, 0.15) is 0 Å². The van der Waals surface area contributed by atoms with E-state index in [9.17, 15) is 30.3 Å². The highest BCUT2D eigenvalue weighted by Gasteiger charge is 2.13. The molecule has 2 aromatic carbocycles. The van der Waals surface area contributed by atoms with E-state index in [1.54, 1.807) is 0 Å². The van der Waals surface area contributed by atoms with Gasteiger partial charge in [-0.3, -0.25) is 20.2 Å². The topological polar surface area (TPSA) is 179 Å². The third-order valence-electron chi connectivity index (χ3n) is 2.84. The Hall–Kier alpha value is -4.29. The van der Waals surface area contributed by atoms with Gasteiger partial charge in [0.25, 0.3) is 11.4 Å². The van der Waals surface area contributed by atoms with Crippen molar-refractivity contribution in [3.63, 3.8) is 0 Å². The molecule has 0 heterocycles. The molecular weight excluding hydrogens is 350 g/mol. The van der Waals surface area contributed by atoms with Crippen molar-refractivity contribution in [3.05, 3.63) is 78.9 Å². The van der Waals surface area contributed by atoms with Gasteiger partial charge in [0.15, 0.2) is 0 Å². The molecule has 0 saturated carbocycles. The Labute approximate surface area is 144 Å². The molecule has 13 heteroatoms. The maximum absolute atomic E-state index is 10.9. The van der Waals surface area contributed by atoms with Crippen molar-refractivity contribution in [2.75, 3.05) is 5.43 Å². The maximum Gasteiger partial charge on any atom is 0.511 e. The minimum Gasteiger partial charge on any atom is -0.390 e. The van der Waals surface area contributed by atoms with Crippen molar-refractivity contribution in [3.8, 4) is 0 Å². The van der Waals surface area contributed by atoms with Crippen LogP contribution in [-0.2, 0) is 0 Å². The summed E-state index contributed by atoms with van der Waals surface area (Å²) in [7, 11) is 0. The lowest BCUT2D eigenvalue weighted by Gasteiger charge is -1.96. The number of nitrogens with zero attached hydrogens (tertiary/aromatic N) is 6. The van der Waals surface area contributed by atoms with Crippen molar-refractivity contribution in [1.29, 1.82) is 0 Å². The van der Waals surface area contributed by atoms with Crippen LogP contribution in [0.4, 0.5) is 22.7 Å². The summed E-state index contributed by atoms with van der Waals surface area (Å²) in [5.74, 6) is -0.873. The van der Waals surface area contributed by atoms with Crippen molar-refractivity contribution in [2.45, 2.75) is 0 Å². The molecule has 0 saturated heterocycles. The van der Waals surface area contributed by atoms with E-state index in [4.69, 9.17) is 0 Å². The molecule has 0 unspecified atom stereocenters. The molecule has 26 heavy (non-hydrogen) atoms. The summed E-state index contributed by atoms with van der Waals surface area (Å²) in [5, 5.41) is 42.4. The summed E-state index contributed by atoms with van der Waals surface area (Å²) in [6.07, 6.45) is 0. The van der Waals surface area contributed by atoms with Gasteiger partial charge in [-0.05, 0) is 29.2 Å². The quantitative estimate of drug-likeness (QED) is 0.279. The lowest BCUT2D eigenvalue weighted by molar-refractivity contribution is -0.385. The zero-order chi connectivity index (χ0) is 19.1. The smallest absolute Gasteiger partial charge is 0.390 e. The highest BCUT2D eigenvalue weighted by atomic mass is 16.6. The molecule has 2 aromatic rings. The molecule has 132 valence electrons. The van der Waals surface area contributed by atoms with E-state index >= 15 is 0 Å². The summed E-state index contributed by atoms with van der Waals surface area (Å²) < 4.78 is 0. The second kappa shape index (κ2) is 8.00. The number of nitro groups is 3. The molecule has 1 N–H and O–H groups in total. The number of azo groups is 1. The zero-order valence-corrected chi connectivity index (χ0v) is 12.8. The molecule has 13 nitrogen and oxygen atoms in total. The van der Waals surface area contributed by atoms with Gasteiger partial charge in [-0.15, -0.1) is 0 Å². The van der Waals surface area contributed by atoms with Gasteiger partial charge in [0.1, 0.15) is 5.69 Å². The molecule has 0 amide bonds. The number of hydrogen-bond donors (Lipinski definition) is 1. The first kappa shape index (κ1) is 18.1. The van der Waals surface area contributed by atoms with Gasteiger partial charge in [-0.2, -0.15) is 0 Å². The highest BCUT2D eigenvalue weighted by molar-refractivity contribution is 5.73. The predicted octanol–water partition coefficient (Wildman–Crippen LogP) is 3.25. The van der Waals surface area contributed by atoms with Gasteiger partial charge in [-0.25, -0.2) is 5.43 Å². The fourth-order valence-electron chi connectivity index (χ4n) is 1.62. The van der Waals surface area contributed by atoms with Crippen LogP contribution in [0.25, 0.3) is 0 Å². The first-order valence-electron chi connectivity index (χ1n) is 6.75. The Balaban J connectivity index is 2.12. The van der Waals surface area contributed by atoms with Gasteiger partial charge in [0, 0.05) is 29.4 Å². The van der Waals surface area contributed by atoms with Crippen LogP contribution in [0.5, 0.6) is 0 Å². The van der Waals surface area contributed by atoms with Gasteiger partial charge >= 0.3 is 5.96 Å². The lowest BCUT2D eigenvalue weighted by atomic mass is 10.3. The van der Waals surface area contributed by atoms with Crippen molar-refractivity contribution < 1.29 is 14.8 Å². The van der Waals surface area contributed by atoms with E-state index < -0.39 is 20.7 Å². The zero-order valence-electron chi connectivity index (χ0n) is 12.8. The summed E-state index contributed by atoms with van der Waals surface area (Å²) in [6, 6.07) is 9.90. The van der Waals surface area contributed by atoms with Crippen LogP contribution in [-0.4, -0.2) is 20.7 Å². The van der Waals surface area contributed by atoms with Crippen molar-refractivity contribution >= 4 is 28.7 Å². The number of rotatable bonds is 5. The molecule has 2 rings (SSSR count). The Kier molecular flexibility index (Phi) is 5.56. The number of non-ortho nitro benzene ring substituents is 2. The van der Waals surface area contributed by atoms with Crippen LogP contribution in [0.2, 0.25) is 0 Å². The first-order chi connectivity index (χ1) is 12.4. The van der Waals surface area contributed by atoms with Crippen molar-refractivity contribution in [2.24, 2.45) is 15.3 Å². The van der Waals surface area contributed by atoms with Crippen LogP contribution < -0.4 is 5.43 Å². The summed E-state index contributed by atoms with van der Waals surface area (Å²) in [4.78, 5) is 29.9. The number of nitrogens with one attached hydrogen (secondary N) is 1. The number of guanidine groups is 1. The minimum atomic E-state index is -0.896. The van der Waals surface area contributed by atoms with Crippen LogP contribution in [0, 0.1) is 30.3 Å². The summed E-state index contributed by atoms with van der Waals surface area (Å²) in [5.41, 5.74) is 2.44. The largest absolute Gasteiger partial charge is 0.511 e. The van der Waals surface area contributed by atoms with E-state index in [2.05, 4.69) is 20.8 Å². The Morgan fingerprint density at radius 2 is 1.31 bits per heavy atom. The summed E-state index contributed by atoms with van der Waals surface area (Å²) >= 11 is 0. The van der Waals surface area contributed by atoms with E-state index in [-0.39, 0.29) is 22.7 Å². The first-order valence-corrected chi connectivity index (χ1v) is 6.75. The number of benzene rings is 2. The molecule has 0 bridgehead atoms. The second-order valence-electron chi connectivity index (χ2n) is 4.56. The minimum absolute atomic E-state index is 0.146. The van der Waals surface area contributed by atoms with E-state index in [0.717, 1.165) is 0 Å². The third kappa shape index (κ3) is 4.85. The normalized spacial score (nSPS) is 11.3. The highest BCUT2D eigenvalue weighted by Crippen LogP contribution is 2.18. The average molecular weight is 359 g/mol. The molecule has 0 atom stereocenters. The molecule has 0 aliphatic rings. The molecular formula is C13H9N7O6. The number of hydrogen-bond acceptors (Lipinski definition) is 9. The monoisotopic (exact) mass is 359 g/mol. The van der Waals surface area contributed by atoms with Gasteiger partial charge in [0.05, 0.1) is 20.6 Å². The van der Waals surface area contributed by atoms with Crippen LogP contribution in [0.15, 0.2) is 63.9 Å². The fourth-order valence-corrected chi connectivity index (χ4v) is 1.62. The predicted molar refractivity (Wildman–Crippen MR) is 88.8 cm³/mol. The maximum atomic E-state index is 10.9. The van der Waals surface area contributed by atoms with Gasteiger partial charge in [0.2, 0.25) is 0 Å². The van der Waals surface area contributed by atoms with Gasteiger partial charge < -0.3 is 10.1 Å². The Morgan fingerprint density at radius 3 is 1.77 bits per heavy atom. The average Bonchev–Trinajstić information content (AvgIpc) is 2.62. The molecule has 0 aliphatic carbocycles. The molecule has 0 fully saturated rings. The third-order valence-corrected chi connectivity index (χ3v) is 2.84. The molecule has 0 spiro atoms. The summed E-state index contributed by atoms with van der Waals surface area (Å²) in [6.45, 7) is 0. The standard InChI is InChI=1S/C13H9N7O6/c21-18(22)11-5-1-9(2-6-11)14-16-13(20(25)26)17-15-10-3-7-12(8-4-10)19(23)24/h1-8,14H. The lowest BCUT2D eigenvalue weighted by Crippen LogP contribution is -2.10. The molecule has 0 aromatic heterocycles. The second-order valence-corrected chi connectivity index (χ2v) is 4.56. The van der Waals surface area contributed by atoms with E-state index in [0.29, 0.717) is 0 Å². The van der Waals surface area contributed by atoms with E-state index in [1.165, 1.54) is 48.5 Å². The van der Waals surface area contributed by atoms with Crippen molar-refractivity contribution in [1.82, 2.24) is 0 Å². The number of hydrazone groups is 1. The van der Waals surface area contributed by atoms with E-state index in [1.807, 2.05) is 0 Å². The van der Waals surface area contributed by atoms with Crippen LogP contribution >= 0.6 is 0 Å². The van der Waals surface area contributed by atoms with Crippen LogP contribution in [0.3, 0.4) is 0 Å². The Morgan fingerprint density at radius 1 is 0.808 bits per heavy atom. The SMILES string of the molecule is O=[N+]([O-])C(N=Nc1ccc([N+](=O)[O-])cc1)=NNc1ccc([N+](=O)[O-])cc1. The van der Waals surface area contributed by atoms with Gasteiger partial charge in [-0.1, -0.05) is 5.11 Å². The number of nitro benzene ring substituents is 2. The fraction of sp³-hybridized carbons (Fsp3) is 0. The number of anilines is 1.